The summed E-state index contributed by atoms with van der Waals surface area (Å²) in [6, 6.07) is 0.422. The van der Waals surface area contributed by atoms with Crippen LogP contribution in [0.25, 0.3) is 0 Å². The van der Waals surface area contributed by atoms with Crippen molar-refractivity contribution in [2.45, 2.75) is 56.0 Å². The van der Waals surface area contributed by atoms with Crippen LogP contribution in [0.2, 0.25) is 0 Å². The predicted octanol–water partition coefficient (Wildman–Crippen LogP) is 1.83. The minimum Gasteiger partial charge on any atom is -0.465 e. The molecule has 0 aromatic carbocycles. The van der Waals surface area contributed by atoms with E-state index in [2.05, 4.69) is 22.4 Å². The van der Waals surface area contributed by atoms with Crippen molar-refractivity contribution in [1.82, 2.24) is 20.2 Å². The number of tetrazole rings is 1. The lowest BCUT2D eigenvalue weighted by Gasteiger charge is -2.10. The lowest BCUT2D eigenvalue weighted by atomic mass is 10.4. The normalized spacial score (nSPS) is 16.6. The molecule has 1 aliphatic carbocycles. The molecular formula is C11H18N4O2S. The van der Waals surface area contributed by atoms with Gasteiger partial charge in [0.25, 0.3) is 0 Å². The highest BCUT2D eigenvalue weighted by molar-refractivity contribution is 8.00. The van der Waals surface area contributed by atoms with Gasteiger partial charge in [-0.2, -0.15) is 0 Å². The molecule has 1 aromatic rings. The van der Waals surface area contributed by atoms with Crippen molar-refractivity contribution in [3.8, 4) is 0 Å². The van der Waals surface area contributed by atoms with E-state index in [4.69, 9.17) is 4.74 Å². The fourth-order valence-electron chi connectivity index (χ4n) is 1.45. The fourth-order valence-corrected chi connectivity index (χ4v) is 2.31. The average Bonchev–Trinajstić information content (AvgIpc) is 3.10. The van der Waals surface area contributed by atoms with Gasteiger partial charge in [0.15, 0.2) is 0 Å². The van der Waals surface area contributed by atoms with Crippen LogP contribution < -0.4 is 0 Å². The third kappa shape index (κ3) is 3.44. The summed E-state index contributed by atoms with van der Waals surface area (Å²) in [4.78, 5) is 11.7. The van der Waals surface area contributed by atoms with Crippen molar-refractivity contribution in [3.05, 3.63) is 0 Å². The molecule has 0 radical (unpaired) electrons. The van der Waals surface area contributed by atoms with Gasteiger partial charge in [-0.3, -0.25) is 4.79 Å². The summed E-state index contributed by atoms with van der Waals surface area (Å²) >= 11 is 1.36. The fraction of sp³-hybridized carbons (Fsp3) is 0.818. The first-order valence-electron chi connectivity index (χ1n) is 6.33. The van der Waals surface area contributed by atoms with Gasteiger partial charge in [0.2, 0.25) is 5.16 Å². The maximum absolute atomic E-state index is 11.7. The number of hydrogen-bond donors (Lipinski definition) is 0. The molecule has 0 saturated heterocycles. The van der Waals surface area contributed by atoms with Crippen LogP contribution in [0.4, 0.5) is 0 Å². The minimum absolute atomic E-state index is 0.196. The van der Waals surface area contributed by atoms with Crippen molar-refractivity contribution in [1.29, 1.82) is 0 Å². The maximum atomic E-state index is 11.7. The Bertz CT molecular complexity index is 406. The van der Waals surface area contributed by atoms with Gasteiger partial charge in [-0.05, 0) is 36.6 Å². The molecule has 0 spiro atoms. The van der Waals surface area contributed by atoms with Crippen LogP contribution in [0.1, 0.15) is 45.6 Å². The SMILES string of the molecule is CCCCOC(=O)C(C)Sc1nnnn1C1CC1. The quantitative estimate of drug-likeness (QED) is 0.428. The third-order valence-electron chi connectivity index (χ3n) is 2.71. The third-order valence-corrected chi connectivity index (χ3v) is 3.74. The summed E-state index contributed by atoms with van der Waals surface area (Å²) in [5, 5.41) is 12.0. The number of carbonyl (C=O) groups excluding carboxylic acids is 1. The Morgan fingerprint density at radius 3 is 3.06 bits per heavy atom. The number of rotatable bonds is 7. The van der Waals surface area contributed by atoms with E-state index in [0.717, 1.165) is 25.7 Å². The van der Waals surface area contributed by atoms with Gasteiger partial charge in [0.05, 0.1) is 12.6 Å². The molecule has 1 saturated carbocycles. The van der Waals surface area contributed by atoms with Crippen molar-refractivity contribution >= 4 is 17.7 Å². The Labute approximate surface area is 110 Å². The zero-order valence-corrected chi connectivity index (χ0v) is 11.5. The van der Waals surface area contributed by atoms with Crippen molar-refractivity contribution < 1.29 is 9.53 Å². The van der Waals surface area contributed by atoms with Gasteiger partial charge in [-0.1, -0.05) is 25.1 Å². The number of ether oxygens (including phenoxy) is 1. The van der Waals surface area contributed by atoms with Gasteiger partial charge < -0.3 is 4.74 Å². The molecule has 1 unspecified atom stereocenters. The second-order valence-electron chi connectivity index (χ2n) is 4.42. The molecule has 7 heteroatoms. The minimum atomic E-state index is -0.273. The number of unbranched alkanes of at least 4 members (excludes halogenated alkanes) is 1. The van der Waals surface area contributed by atoms with Crippen LogP contribution in [0.5, 0.6) is 0 Å². The lowest BCUT2D eigenvalue weighted by Crippen LogP contribution is -2.18. The van der Waals surface area contributed by atoms with Crippen molar-refractivity contribution in [2.75, 3.05) is 6.61 Å². The predicted molar refractivity (Wildman–Crippen MR) is 67.3 cm³/mol. The Morgan fingerprint density at radius 2 is 2.39 bits per heavy atom. The van der Waals surface area contributed by atoms with E-state index in [1.165, 1.54) is 11.8 Å². The monoisotopic (exact) mass is 270 g/mol. The van der Waals surface area contributed by atoms with E-state index in [9.17, 15) is 4.79 Å². The van der Waals surface area contributed by atoms with Gasteiger partial charge in [0, 0.05) is 0 Å². The molecule has 18 heavy (non-hydrogen) atoms. The second kappa shape index (κ2) is 6.17. The molecule has 2 rings (SSSR count). The summed E-state index contributed by atoms with van der Waals surface area (Å²) < 4.78 is 6.98. The van der Waals surface area contributed by atoms with Gasteiger partial charge in [-0.15, -0.1) is 5.10 Å². The number of carbonyl (C=O) groups is 1. The van der Waals surface area contributed by atoms with E-state index >= 15 is 0 Å². The summed E-state index contributed by atoms with van der Waals surface area (Å²) in [5.41, 5.74) is 0. The Kier molecular flexibility index (Phi) is 4.57. The molecule has 0 aliphatic heterocycles. The molecule has 100 valence electrons. The first kappa shape index (κ1) is 13.3. The largest absolute Gasteiger partial charge is 0.465 e. The van der Waals surface area contributed by atoms with Crippen molar-refractivity contribution in [3.63, 3.8) is 0 Å². The summed E-state index contributed by atoms with van der Waals surface area (Å²) in [6.45, 7) is 4.38. The molecule has 1 aliphatic rings. The summed E-state index contributed by atoms with van der Waals surface area (Å²) in [6.07, 6.45) is 4.17. The van der Waals surface area contributed by atoms with Crippen LogP contribution in [0, 0.1) is 0 Å². The molecule has 1 fully saturated rings. The molecule has 0 N–H and O–H groups in total. The number of nitrogens with zero attached hydrogens (tertiary/aromatic N) is 4. The second-order valence-corrected chi connectivity index (χ2v) is 5.73. The molecule has 1 aromatic heterocycles. The molecule has 0 amide bonds. The number of aromatic nitrogens is 4. The van der Waals surface area contributed by atoms with Crippen LogP contribution in [0.15, 0.2) is 5.16 Å². The number of hydrogen-bond acceptors (Lipinski definition) is 6. The smallest absolute Gasteiger partial charge is 0.319 e. The first-order chi connectivity index (χ1) is 8.72. The van der Waals surface area contributed by atoms with Crippen LogP contribution in [-0.2, 0) is 9.53 Å². The van der Waals surface area contributed by atoms with Crippen molar-refractivity contribution in [2.24, 2.45) is 0 Å². The first-order valence-corrected chi connectivity index (χ1v) is 7.21. The molecule has 6 nitrogen and oxygen atoms in total. The highest BCUT2D eigenvalue weighted by Gasteiger charge is 2.29. The standard InChI is InChI=1S/C11H18N4O2S/c1-3-4-7-17-10(16)8(2)18-11-12-13-14-15(11)9-5-6-9/h8-9H,3-7H2,1-2H3. The van der Waals surface area contributed by atoms with E-state index in [1.54, 1.807) is 4.68 Å². The van der Waals surface area contributed by atoms with Crippen LogP contribution in [0.3, 0.4) is 0 Å². The zero-order chi connectivity index (χ0) is 13.0. The Hall–Kier alpha value is -1.11. The van der Waals surface area contributed by atoms with Crippen LogP contribution >= 0.6 is 11.8 Å². The topological polar surface area (TPSA) is 69.9 Å². The van der Waals surface area contributed by atoms with E-state index in [-0.39, 0.29) is 11.2 Å². The van der Waals surface area contributed by atoms with E-state index in [0.29, 0.717) is 17.8 Å². The van der Waals surface area contributed by atoms with E-state index < -0.39 is 0 Å². The highest BCUT2D eigenvalue weighted by Crippen LogP contribution is 2.37. The summed E-state index contributed by atoms with van der Waals surface area (Å²) in [7, 11) is 0. The maximum Gasteiger partial charge on any atom is 0.319 e. The van der Waals surface area contributed by atoms with Gasteiger partial charge in [-0.25, -0.2) is 4.68 Å². The van der Waals surface area contributed by atoms with Crippen LogP contribution in [-0.4, -0.2) is 38.0 Å². The Morgan fingerprint density at radius 1 is 1.61 bits per heavy atom. The van der Waals surface area contributed by atoms with E-state index in [1.807, 2.05) is 6.92 Å². The molecule has 0 bridgehead atoms. The summed E-state index contributed by atoms with van der Waals surface area (Å²) in [5.74, 6) is -0.196. The van der Waals surface area contributed by atoms with Gasteiger partial charge in [0.1, 0.15) is 5.25 Å². The Balaban J connectivity index is 1.84. The number of esters is 1. The molecule has 1 heterocycles. The molecule has 1 atom stereocenters. The average molecular weight is 270 g/mol. The zero-order valence-electron chi connectivity index (χ0n) is 10.7. The highest BCUT2D eigenvalue weighted by atomic mass is 32.2. The number of thioether (sulfide) groups is 1. The molecular weight excluding hydrogens is 252 g/mol. The lowest BCUT2D eigenvalue weighted by molar-refractivity contribution is -0.142. The van der Waals surface area contributed by atoms with Gasteiger partial charge >= 0.3 is 5.97 Å².